The molecule has 1 atom stereocenters. The Hall–Kier alpha value is -3.41. The van der Waals surface area contributed by atoms with Gasteiger partial charge in [-0.05, 0) is 103 Å². The number of hydrogen-bond donors (Lipinski definition) is 0. The van der Waals surface area contributed by atoms with Crippen LogP contribution in [0.4, 0.5) is 0 Å². The van der Waals surface area contributed by atoms with Gasteiger partial charge in [0.25, 0.3) is 0 Å². The molecule has 0 N–H and O–H groups in total. The fourth-order valence-corrected chi connectivity index (χ4v) is 7.69. The maximum Gasteiger partial charge on any atom is 0.306 e. The van der Waals surface area contributed by atoms with Crippen molar-refractivity contribution in [3.05, 3.63) is 85.1 Å². The first-order valence-corrected chi connectivity index (χ1v) is 28.1. The van der Waals surface area contributed by atoms with E-state index in [0.717, 1.165) is 103 Å². The van der Waals surface area contributed by atoms with Crippen LogP contribution in [0.2, 0.25) is 0 Å². The third-order valence-corrected chi connectivity index (χ3v) is 11.9. The molecule has 0 heterocycles. The third kappa shape index (κ3) is 53.4. The SMILES string of the molecule is CC/C=C\C/C=C\C/C=C\CCCCCCCCCCCC(=O)OCC(COC(=O)CCCCCCC/C=C\CCCC)OC(=O)CCCCCCCCCCC/C=C\C/C=C\C/C=C\CC. The van der Waals surface area contributed by atoms with Gasteiger partial charge in [0.2, 0.25) is 0 Å². The molecule has 0 saturated carbocycles. The van der Waals surface area contributed by atoms with E-state index in [4.69, 9.17) is 14.2 Å². The molecule has 0 spiro atoms. The molecular formula is C61H104O6. The summed E-state index contributed by atoms with van der Waals surface area (Å²) in [6.07, 6.45) is 71.4. The maximum absolute atomic E-state index is 12.8. The van der Waals surface area contributed by atoms with Crippen LogP contribution in [0.5, 0.6) is 0 Å². The van der Waals surface area contributed by atoms with Crippen LogP contribution in [-0.4, -0.2) is 37.2 Å². The maximum atomic E-state index is 12.8. The lowest BCUT2D eigenvalue weighted by Crippen LogP contribution is -2.30. The Morgan fingerprint density at radius 1 is 0.313 bits per heavy atom. The number of esters is 3. The molecule has 0 fully saturated rings. The van der Waals surface area contributed by atoms with Crippen molar-refractivity contribution >= 4 is 17.9 Å². The zero-order valence-corrected chi connectivity index (χ0v) is 43.9. The Bertz CT molecular complexity index is 1300. The molecule has 0 amide bonds. The fraction of sp³-hybridized carbons (Fsp3) is 0.721. The van der Waals surface area contributed by atoms with Crippen molar-refractivity contribution in [1.82, 2.24) is 0 Å². The quantitative estimate of drug-likeness (QED) is 0.0262. The Kier molecular flexibility index (Phi) is 52.4. The summed E-state index contributed by atoms with van der Waals surface area (Å²) in [5.41, 5.74) is 0. The number of rotatable bonds is 50. The Balaban J connectivity index is 4.35. The van der Waals surface area contributed by atoms with Gasteiger partial charge in [-0.15, -0.1) is 0 Å². The highest BCUT2D eigenvalue weighted by atomic mass is 16.6. The average molecular weight is 933 g/mol. The van der Waals surface area contributed by atoms with Crippen molar-refractivity contribution in [2.45, 2.75) is 271 Å². The van der Waals surface area contributed by atoms with Crippen LogP contribution in [0.3, 0.4) is 0 Å². The zero-order valence-electron chi connectivity index (χ0n) is 43.9. The molecule has 0 radical (unpaired) electrons. The lowest BCUT2D eigenvalue weighted by Gasteiger charge is -2.18. The molecule has 0 aliphatic rings. The number of carbonyl (C=O) groups is 3. The van der Waals surface area contributed by atoms with Crippen LogP contribution in [-0.2, 0) is 28.6 Å². The van der Waals surface area contributed by atoms with E-state index >= 15 is 0 Å². The minimum Gasteiger partial charge on any atom is -0.462 e. The molecule has 384 valence electrons. The van der Waals surface area contributed by atoms with E-state index in [1.807, 2.05) is 0 Å². The molecule has 0 aliphatic carbocycles. The van der Waals surface area contributed by atoms with Crippen LogP contribution >= 0.6 is 0 Å². The molecule has 0 aromatic rings. The molecule has 0 bridgehead atoms. The number of ether oxygens (including phenoxy) is 3. The van der Waals surface area contributed by atoms with E-state index in [9.17, 15) is 14.4 Å². The summed E-state index contributed by atoms with van der Waals surface area (Å²) in [5, 5.41) is 0. The Morgan fingerprint density at radius 3 is 0.925 bits per heavy atom. The van der Waals surface area contributed by atoms with E-state index in [1.54, 1.807) is 0 Å². The third-order valence-electron chi connectivity index (χ3n) is 11.9. The van der Waals surface area contributed by atoms with Crippen molar-refractivity contribution < 1.29 is 28.6 Å². The van der Waals surface area contributed by atoms with Gasteiger partial charge in [-0.25, -0.2) is 0 Å². The number of hydrogen-bond acceptors (Lipinski definition) is 6. The first-order chi connectivity index (χ1) is 33.0. The molecule has 0 aromatic heterocycles. The second kappa shape index (κ2) is 55.2. The standard InChI is InChI=1S/C61H104O6/c1-4-7-10-13-16-19-22-24-26-28-30-32-34-36-39-42-45-48-51-54-60(63)66-57-58(56-65-59(62)53-50-47-44-41-38-21-18-15-12-9-6-3)67-61(64)55-52-49-46-43-40-37-35-33-31-29-27-25-23-20-17-14-11-8-5-2/h7-8,10-11,15-20,24-27,58H,4-6,9,12-14,21-23,28-57H2,1-3H3/b10-7-,11-8-,18-15-,19-16-,20-17-,26-24-,27-25-. The lowest BCUT2D eigenvalue weighted by molar-refractivity contribution is -0.167. The van der Waals surface area contributed by atoms with Gasteiger partial charge >= 0.3 is 17.9 Å². The summed E-state index contributed by atoms with van der Waals surface area (Å²) in [6, 6.07) is 0. The zero-order chi connectivity index (χ0) is 48.6. The summed E-state index contributed by atoms with van der Waals surface area (Å²) in [4.78, 5) is 38.1. The monoisotopic (exact) mass is 933 g/mol. The van der Waals surface area contributed by atoms with E-state index in [2.05, 4.69) is 106 Å². The molecule has 0 saturated heterocycles. The van der Waals surface area contributed by atoms with Gasteiger partial charge in [-0.3, -0.25) is 14.4 Å². The van der Waals surface area contributed by atoms with Crippen molar-refractivity contribution in [2.24, 2.45) is 0 Å². The normalized spacial score (nSPS) is 12.7. The fourth-order valence-electron chi connectivity index (χ4n) is 7.69. The Labute approximate surface area is 414 Å². The van der Waals surface area contributed by atoms with E-state index in [0.29, 0.717) is 19.3 Å². The predicted molar refractivity (Wildman–Crippen MR) is 288 cm³/mol. The second-order valence-corrected chi connectivity index (χ2v) is 18.4. The van der Waals surface area contributed by atoms with Gasteiger partial charge in [0, 0.05) is 19.3 Å². The smallest absolute Gasteiger partial charge is 0.306 e. The largest absolute Gasteiger partial charge is 0.462 e. The first kappa shape index (κ1) is 63.6. The van der Waals surface area contributed by atoms with Crippen molar-refractivity contribution in [3.8, 4) is 0 Å². The van der Waals surface area contributed by atoms with Gasteiger partial charge in [-0.2, -0.15) is 0 Å². The van der Waals surface area contributed by atoms with E-state index < -0.39 is 6.10 Å². The first-order valence-electron chi connectivity index (χ1n) is 28.1. The Morgan fingerprint density at radius 2 is 0.582 bits per heavy atom. The molecule has 6 heteroatoms. The summed E-state index contributed by atoms with van der Waals surface area (Å²) in [7, 11) is 0. The van der Waals surface area contributed by atoms with Crippen LogP contribution in [0.1, 0.15) is 265 Å². The number of carbonyl (C=O) groups excluding carboxylic acids is 3. The van der Waals surface area contributed by atoms with E-state index in [1.165, 1.54) is 122 Å². The van der Waals surface area contributed by atoms with Gasteiger partial charge in [0.05, 0.1) is 0 Å². The number of allylic oxidation sites excluding steroid dienone is 14. The minimum absolute atomic E-state index is 0.0840. The lowest BCUT2D eigenvalue weighted by atomic mass is 10.1. The van der Waals surface area contributed by atoms with Gasteiger partial charge in [0.1, 0.15) is 13.2 Å². The van der Waals surface area contributed by atoms with Gasteiger partial charge in [0.15, 0.2) is 6.10 Å². The molecule has 1 unspecified atom stereocenters. The van der Waals surface area contributed by atoms with Crippen LogP contribution in [0.15, 0.2) is 85.1 Å². The number of unbranched alkanes of at least 4 members (excludes halogenated alkanes) is 25. The highest BCUT2D eigenvalue weighted by Gasteiger charge is 2.19. The van der Waals surface area contributed by atoms with Crippen molar-refractivity contribution in [1.29, 1.82) is 0 Å². The molecule has 6 nitrogen and oxygen atoms in total. The molecular weight excluding hydrogens is 829 g/mol. The van der Waals surface area contributed by atoms with Crippen LogP contribution in [0.25, 0.3) is 0 Å². The summed E-state index contributed by atoms with van der Waals surface area (Å²) >= 11 is 0. The van der Waals surface area contributed by atoms with Crippen LogP contribution in [0, 0.1) is 0 Å². The molecule has 0 aromatic carbocycles. The average Bonchev–Trinajstić information content (AvgIpc) is 3.33. The molecule has 0 rings (SSSR count). The molecule has 67 heavy (non-hydrogen) atoms. The predicted octanol–water partition coefficient (Wildman–Crippen LogP) is 18.8. The van der Waals surface area contributed by atoms with Gasteiger partial charge in [-0.1, -0.05) is 228 Å². The van der Waals surface area contributed by atoms with E-state index in [-0.39, 0.29) is 31.1 Å². The summed E-state index contributed by atoms with van der Waals surface area (Å²) in [6.45, 7) is 6.38. The highest BCUT2D eigenvalue weighted by Crippen LogP contribution is 2.15. The topological polar surface area (TPSA) is 78.9 Å². The minimum atomic E-state index is -0.785. The van der Waals surface area contributed by atoms with Crippen molar-refractivity contribution in [2.75, 3.05) is 13.2 Å². The van der Waals surface area contributed by atoms with Crippen LogP contribution < -0.4 is 0 Å². The van der Waals surface area contributed by atoms with Crippen molar-refractivity contribution in [3.63, 3.8) is 0 Å². The van der Waals surface area contributed by atoms with Gasteiger partial charge < -0.3 is 14.2 Å². The summed E-state index contributed by atoms with van der Waals surface area (Å²) < 4.78 is 16.8. The second-order valence-electron chi connectivity index (χ2n) is 18.4. The summed E-state index contributed by atoms with van der Waals surface area (Å²) in [5.74, 6) is -0.900. The molecule has 0 aliphatic heterocycles. The highest BCUT2D eigenvalue weighted by molar-refractivity contribution is 5.71.